The summed E-state index contributed by atoms with van der Waals surface area (Å²) in [5.41, 5.74) is 0.992. The van der Waals surface area contributed by atoms with Gasteiger partial charge in [0.1, 0.15) is 5.75 Å². The van der Waals surface area contributed by atoms with E-state index in [1.54, 1.807) is 6.07 Å². The number of aliphatic hydroxyl groups is 1. The lowest BCUT2D eigenvalue weighted by Gasteiger charge is -2.31. The van der Waals surface area contributed by atoms with Gasteiger partial charge in [0.05, 0.1) is 5.60 Å². The lowest BCUT2D eigenvalue weighted by molar-refractivity contribution is 0.00575. The number of aromatic hydroxyl groups is 1. The summed E-state index contributed by atoms with van der Waals surface area (Å²) in [6.07, 6.45) is 2.79. The van der Waals surface area contributed by atoms with Crippen LogP contribution >= 0.6 is 0 Å². The normalized spacial score (nSPS) is 19.4. The molecule has 2 rings (SSSR count). The van der Waals surface area contributed by atoms with Crippen LogP contribution in [-0.2, 0) is 5.60 Å². The number of benzene rings is 1. The van der Waals surface area contributed by atoms with Crippen LogP contribution in [0.4, 0.5) is 0 Å². The zero-order chi connectivity index (χ0) is 12.6. The molecule has 94 valence electrons. The van der Waals surface area contributed by atoms with E-state index < -0.39 is 5.60 Å². The predicted octanol–water partition coefficient (Wildman–Crippen LogP) is 3.52. The van der Waals surface area contributed by atoms with Crippen LogP contribution in [0, 0.1) is 5.92 Å². The van der Waals surface area contributed by atoms with Crippen molar-refractivity contribution in [1.29, 1.82) is 0 Å². The Morgan fingerprint density at radius 3 is 2.47 bits per heavy atom. The third kappa shape index (κ3) is 2.06. The highest BCUT2D eigenvalue weighted by atomic mass is 16.3. The molecule has 0 bridgehead atoms. The van der Waals surface area contributed by atoms with E-state index in [1.165, 1.54) is 0 Å². The molecule has 1 saturated carbocycles. The maximum atomic E-state index is 10.9. The highest BCUT2D eigenvalue weighted by molar-refractivity contribution is 5.46. The molecule has 1 fully saturated rings. The molecule has 0 amide bonds. The van der Waals surface area contributed by atoms with Gasteiger partial charge in [-0.05, 0) is 42.7 Å². The van der Waals surface area contributed by atoms with Gasteiger partial charge in [0.2, 0.25) is 0 Å². The lowest BCUT2D eigenvalue weighted by atomic mass is 9.80. The number of hydrogen-bond donors (Lipinski definition) is 2. The minimum Gasteiger partial charge on any atom is -0.508 e. The van der Waals surface area contributed by atoms with Gasteiger partial charge >= 0.3 is 0 Å². The zero-order valence-electron chi connectivity index (χ0n) is 10.9. The van der Waals surface area contributed by atoms with Gasteiger partial charge in [-0.2, -0.15) is 0 Å². The molecule has 2 nitrogen and oxygen atoms in total. The van der Waals surface area contributed by atoms with Crippen LogP contribution in [0.1, 0.15) is 57.1 Å². The number of phenols is 1. The highest BCUT2D eigenvalue weighted by Gasteiger charge is 2.46. The molecular weight excluding hydrogens is 212 g/mol. The van der Waals surface area contributed by atoms with E-state index >= 15 is 0 Å². The first-order valence-corrected chi connectivity index (χ1v) is 6.55. The van der Waals surface area contributed by atoms with Crippen molar-refractivity contribution in [1.82, 2.24) is 0 Å². The Morgan fingerprint density at radius 1 is 1.35 bits per heavy atom. The van der Waals surface area contributed by atoms with E-state index in [-0.39, 0.29) is 5.75 Å². The Kier molecular flexibility index (Phi) is 3.17. The fourth-order valence-electron chi connectivity index (χ4n) is 2.74. The van der Waals surface area contributed by atoms with Gasteiger partial charge in [0.25, 0.3) is 0 Å². The van der Waals surface area contributed by atoms with Crippen molar-refractivity contribution in [3.8, 4) is 5.75 Å². The van der Waals surface area contributed by atoms with E-state index in [0.29, 0.717) is 18.3 Å². The van der Waals surface area contributed by atoms with Gasteiger partial charge in [0, 0.05) is 5.56 Å². The average Bonchev–Trinajstić information content (AvgIpc) is 3.11. The number of phenolic OH excluding ortho intramolecular Hbond substituents is 1. The van der Waals surface area contributed by atoms with Crippen molar-refractivity contribution in [2.45, 2.75) is 51.6 Å². The van der Waals surface area contributed by atoms with Crippen LogP contribution in [0.25, 0.3) is 0 Å². The molecule has 0 aromatic heterocycles. The standard InChI is InChI=1S/C15H22O2/c1-4-15(17,11-8-9-11)14-12(10(2)3)6-5-7-13(14)16/h5-7,10-11,16-17H,4,8-9H2,1-3H3. The van der Waals surface area contributed by atoms with Crippen molar-refractivity contribution in [3.63, 3.8) is 0 Å². The monoisotopic (exact) mass is 234 g/mol. The smallest absolute Gasteiger partial charge is 0.121 e. The minimum atomic E-state index is -0.842. The second-order valence-electron chi connectivity index (χ2n) is 5.45. The Bertz CT molecular complexity index is 407. The summed E-state index contributed by atoms with van der Waals surface area (Å²) in [5, 5.41) is 21.0. The Labute approximate surface area is 103 Å². The van der Waals surface area contributed by atoms with E-state index in [0.717, 1.165) is 24.0 Å². The molecule has 1 aliphatic rings. The van der Waals surface area contributed by atoms with Crippen molar-refractivity contribution >= 4 is 0 Å². The molecule has 1 aliphatic carbocycles. The molecule has 0 heterocycles. The predicted molar refractivity (Wildman–Crippen MR) is 69.1 cm³/mol. The molecule has 2 heteroatoms. The molecule has 1 aromatic rings. The quantitative estimate of drug-likeness (QED) is 0.836. The van der Waals surface area contributed by atoms with Gasteiger partial charge in [-0.3, -0.25) is 0 Å². The van der Waals surface area contributed by atoms with Gasteiger partial charge < -0.3 is 10.2 Å². The maximum Gasteiger partial charge on any atom is 0.121 e. The minimum absolute atomic E-state index is 0.243. The molecule has 0 radical (unpaired) electrons. The molecule has 0 saturated heterocycles. The molecule has 1 atom stereocenters. The summed E-state index contributed by atoms with van der Waals surface area (Å²) in [4.78, 5) is 0. The van der Waals surface area contributed by atoms with Crippen LogP contribution < -0.4 is 0 Å². The van der Waals surface area contributed by atoms with Gasteiger partial charge in [-0.25, -0.2) is 0 Å². The number of rotatable bonds is 4. The Hall–Kier alpha value is -1.02. The van der Waals surface area contributed by atoms with E-state index in [2.05, 4.69) is 13.8 Å². The summed E-state index contributed by atoms with van der Waals surface area (Å²) in [5.74, 6) is 0.875. The van der Waals surface area contributed by atoms with E-state index in [1.807, 2.05) is 19.1 Å². The first-order chi connectivity index (χ1) is 8.00. The van der Waals surface area contributed by atoms with Gasteiger partial charge in [-0.1, -0.05) is 32.9 Å². The second-order valence-corrected chi connectivity index (χ2v) is 5.45. The Balaban J connectivity index is 2.55. The molecule has 0 spiro atoms. The largest absolute Gasteiger partial charge is 0.508 e. The van der Waals surface area contributed by atoms with Crippen molar-refractivity contribution in [2.24, 2.45) is 5.92 Å². The zero-order valence-corrected chi connectivity index (χ0v) is 10.9. The summed E-state index contributed by atoms with van der Waals surface area (Å²) in [7, 11) is 0. The second kappa shape index (κ2) is 4.34. The lowest BCUT2D eigenvalue weighted by Crippen LogP contribution is -2.29. The topological polar surface area (TPSA) is 40.5 Å². The van der Waals surface area contributed by atoms with Crippen molar-refractivity contribution < 1.29 is 10.2 Å². The molecule has 1 aromatic carbocycles. The third-order valence-electron chi connectivity index (χ3n) is 3.92. The fourth-order valence-corrected chi connectivity index (χ4v) is 2.74. The van der Waals surface area contributed by atoms with E-state index in [9.17, 15) is 10.2 Å². The van der Waals surface area contributed by atoms with Gasteiger partial charge in [0.15, 0.2) is 0 Å². The summed E-state index contributed by atoms with van der Waals surface area (Å²) in [6.45, 7) is 6.19. The fraction of sp³-hybridized carbons (Fsp3) is 0.600. The van der Waals surface area contributed by atoms with Crippen LogP contribution in [0.15, 0.2) is 18.2 Å². The van der Waals surface area contributed by atoms with Crippen LogP contribution in [0.2, 0.25) is 0 Å². The number of hydrogen-bond acceptors (Lipinski definition) is 2. The van der Waals surface area contributed by atoms with Crippen LogP contribution in [-0.4, -0.2) is 10.2 Å². The van der Waals surface area contributed by atoms with Gasteiger partial charge in [-0.15, -0.1) is 0 Å². The molecular formula is C15H22O2. The molecule has 0 aliphatic heterocycles. The third-order valence-corrected chi connectivity index (χ3v) is 3.92. The average molecular weight is 234 g/mol. The van der Waals surface area contributed by atoms with E-state index in [4.69, 9.17) is 0 Å². The molecule has 2 N–H and O–H groups in total. The molecule has 1 unspecified atom stereocenters. The van der Waals surface area contributed by atoms with Crippen LogP contribution in [0.5, 0.6) is 5.75 Å². The van der Waals surface area contributed by atoms with Crippen LogP contribution in [0.3, 0.4) is 0 Å². The summed E-state index contributed by atoms with van der Waals surface area (Å²) >= 11 is 0. The Morgan fingerprint density at radius 2 is 2.00 bits per heavy atom. The first-order valence-electron chi connectivity index (χ1n) is 6.55. The highest BCUT2D eigenvalue weighted by Crippen LogP contribution is 2.51. The SMILES string of the molecule is CCC(O)(c1c(O)cccc1C(C)C)C1CC1. The molecule has 17 heavy (non-hydrogen) atoms. The summed E-state index contributed by atoms with van der Waals surface area (Å²) in [6, 6.07) is 5.56. The van der Waals surface area contributed by atoms with Crippen molar-refractivity contribution in [3.05, 3.63) is 29.3 Å². The first kappa shape index (κ1) is 12.4. The summed E-state index contributed by atoms with van der Waals surface area (Å²) < 4.78 is 0. The maximum absolute atomic E-state index is 10.9. The van der Waals surface area contributed by atoms with Crippen molar-refractivity contribution in [2.75, 3.05) is 0 Å².